The van der Waals surface area contributed by atoms with Gasteiger partial charge in [0, 0.05) is 31.2 Å². The normalized spacial score (nSPS) is 15.4. The largest absolute Gasteiger partial charge is 0.508 e. The molecule has 0 saturated carbocycles. The smallest absolute Gasteiger partial charge is 0.406 e. The van der Waals surface area contributed by atoms with E-state index in [0.717, 1.165) is 38.3 Å². The molecule has 166 valence electrons. The number of phenols is 1. The van der Waals surface area contributed by atoms with Gasteiger partial charge in [-0.05, 0) is 57.1 Å². The lowest BCUT2D eigenvalue weighted by atomic mass is 10.0. The lowest BCUT2D eigenvalue weighted by Gasteiger charge is -2.30. The molecule has 1 aromatic carbocycles. The number of likely N-dealkylation sites (N-methyl/N-ethyl adjacent to an activating group) is 1. The van der Waals surface area contributed by atoms with E-state index >= 15 is 0 Å². The summed E-state index contributed by atoms with van der Waals surface area (Å²) in [6.45, 7) is 13.7. The predicted molar refractivity (Wildman–Crippen MR) is 119 cm³/mol. The Morgan fingerprint density at radius 2 is 1.90 bits per heavy atom. The Labute approximate surface area is 177 Å². The minimum Gasteiger partial charge on any atom is -0.508 e. The number of benzene rings is 1. The Balaban J connectivity index is 0.00000132. The van der Waals surface area contributed by atoms with Crippen molar-refractivity contribution in [2.24, 2.45) is 0 Å². The van der Waals surface area contributed by atoms with Crippen molar-refractivity contribution < 1.29 is 14.6 Å². The summed E-state index contributed by atoms with van der Waals surface area (Å²) in [5, 5.41) is 13.0. The van der Waals surface area contributed by atoms with Crippen LogP contribution in [0.5, 0.6) is 5.75 Å². The third-order valence-electron chi connectivity index (χ3n) is 5.24. The van der Waals surface area contributed by atoms with Crippen LogP contribution < -0.4 is 5.32 Å². The van der Waals surface area contributed by atoms with Crippen LogP contribution in [0.15, 0.2) is 18.2 Å². The molecule has 1 fully saturated rings. The number of rotatable bonds is 8. The van der Waals surface area contributed by atoms with Crippen molar-refractivity contribution in [1.29, 1.82) is 0 Å². The summed E-state index contributed by atoms with van der Waals surface area (Å²) in [6, 6.07) is 6.15. The summed E-state index contributed by atoms with van der Waals surface area (Å²) >= 11 is 0. The topological polar surface area (TPSA) is 65.0 Å². The second-order valence-electron chi connectivity index (χ2n) is 7.65. The van der Waals surface area contributed by atoms with Crippen LogP contribution in [0.25, 0.3) is 0 Å². The number of amides is 1. The average Bonchev–Trinajstić information content (AvgIpc) is 2.73. The Kier molecular flexibility index (Phi) is 12.4. The number of carbonyl (C=O) groups excluding carboxylic acids is 1. The molecular weight excluding hydrogens is 366 g/mol. The first-order valence-corrected chi connectivity index (χ1v) is 11.1. The molecule has 1 aliphatic rings. The zero-order valence-electron chi connectivity index (χ0n) is 19.0. The van der Waals surface area contributed by atoms with Gasteiger partial charge in [-0.3, -0.25) is 9.80 Å². The molecular formula is C23H41N3O3. The van der Waals surface area contributed by atoms with Gasteiger partial charge in [-0.25, -0.2) is 4.79 Å². The number of piperidine rings is 1. The van der Waals surface area contributed by atoms with Gasteiger partial charge in [-0.1, -0.05) is 39.7 Å². The molecule has 2 rings (SSSR count). The number of ether oxygens (including phenoxy) is 1. The lowest BCUT2D eigenvalue weighted by molar-refractivity contribution is 0.165. The maximum atomic E-state index is 11.2. The molecule has 1 amide bonds. The molecule has 6 nitrogen and oxygen atoms in total. The van der Waals surface area contributed by atoms with Gasteiger partial charge in [0.15, 0.2) is 0 Å². The van der Waals surface area contributed by atoms with Gasteiger partial charge in [-0.2, -0.15) is 0 Å². The number of phenolic OH excluding ortho intramolecular Hbond substituents is 1. The molecule has 1 aliphatic heterocycles. The second-order valence-corrected chi connectivity index (χ2v) is 7.65. The first-order chi connectivity index (χ1) is 14.0. The number of hydrogen-bond donors (Lipinski definition) is 2. The number of hydrogen-bond acceptors (Lipinski definition) is 5. The Morgan fingerprint density at radius 3 is 2.48 bits per heavy atom. The maximum absolute atomic E-state index is 11.2. The number of methoxy groups -OCH3 is 1. The van der Waals surface area contributed by atoms with Crippen LogP contribution in [0, 0.1) is 0 Å². The third-order valence-corrected chi connectivity index (χ3v) is 5.24. The van der Waals surface area contributed by atoms with Crippen LogP contribution in [0.2, 0.25) is 0 Å². The highest BCUT2D eigenvalue weighted by molar-refractivity contribution is 5.66. The third kappa shape index (κ3) is 9.05. The van der Waals surface area contributed by atoms with Crippen molar-refractivity contribution in [3.05, 3.63) is 29.3 Å². The summed E-state index contributed by atoms with van der Waals surface area (Å²) < 4.78 is 4.61. The zero-order chi connectivity index (χ0) is 21.6. The number of aromatic hydroxyl groups is 1. The van der Waals surface area contributed by atoms with E-state index in [4.69, 9.17) is 0 Å². The SMILES string of the molecule is CCC.CCN(CCNC(=O)OC)C(C)c1ccc(O)c(CN2CCCCC2)c1. The van der Waals surface area contributed by atoms with Crippen LogP contribution >= 0.6 is 0 Å². The van der Waals surface area contributed by atoms with Crippen molar-refractivity contribution in [2.75, 3.05) is 39.8 Å². The summed E-state index contributed by atoms with van der Waals surface area (Å²) in [7, 11) is 1.37. The molecule has 6 heteroatoms. The fourth-order valence-electron chi connectivity index (χ4n) is 3.56. The van der Waals surface area contributed by atoms with Crippen LogP contribution in [0.3, 0.4) is 0 Å². The predicted octanol–water partition coefficient (Wildman–Crippen LogP) is 4.53. The minimum absolute atomic E-state index is 0.208. The molecule has 0 aromatic heterocycles. The van der Waals surface area contributed by atoms with Gasteiger partial charge < -0.3 is 15.2 Å². The molecule has 1 heterocycles. The second kappa shape index (κ2) is 14.2. The summed E-state index contributed by atoms with van der Waals surface area (Å²) in [5.41, 5.74) is 2.19. The molecule has 1 atom stereocenters. The van der Waals surface area contributed by atoms with Crippen molar-refractivity contribution in [1.82, 2.24) is 15.1 Å². The van der Waals surface area contributed by atoms with Crippen molar-refractivity contribution in [3.63, 3.8) is 0 Å². The van der Waals surface area contributed by atoms with E-state index < -0.39 is 6.09 Å². The van der Waals surface area contributed by atoms with Crippen LogP contribution in [-0.2, 0) is 11.3 Å². The highest BCUT2D eigenvalue weighted by Crippen LogP contribution is 2.27. The van der Waals surface area contributed by atoms with E-state index in [9.17, 15) is 9.90 Å². The maximum Gasteiger partial charge on any atom is 0.406 e. The fourth-order valence-corrected chi connectivity index (χ4v) is 3.56. The number of carbonyl (C=O) groups is 1. The van der Waals surface area contributed by atoms with E-state index in [0.29, 0.717) is 12.3 Å². The number of nitrogens with zero attached hydrogens (tertiary/aromatic N) is 2. The van der Waals surface area contributed by atoms with Crippen LogP contribution in [0.4, 0.5) is 4.79 Å². The van der Waals surface area contributed by atoms with Gasteiger partial charge in [0.2, 0.25) is 0 Å². The molecule has 2 N–H and O–H groups in total. The lowest BCUT2D eigenvalue weighted by Crippen LogP contribution is -2.36. The standard InChI is InChI=1S/C20H33N3O3.C3H8/c1-4-23(13-10-21-20(25)26-3)16(2)17-8-9-19(24)18(14-17)15-22-11-6-5-7-12-22;1-3-2/h8-9,14,16,24H,4-7,10-13,15H2,1-3H3,(H,21,25);3H2,1-2H3. The van der Waals surface area contributed by atoms with Gasteiger partial charge in [0.25, 0.3) is 0 Å². The van der Waals surface area contributed by atoms with Crippen molar-refractivity contribution in [2.45, 2.75) is 66.0 Å². The van der Waals surface area contributed by atoms with Crippen LogP contribution in [0.1, 0.15) is 70.5 Å². The summed E-state index contributed by atoms with van der Waals surface area (Å²) in [4.78, 5) is 15.9. The van der Waals surface area contributed by atoms with Crippen molar-refractivity contribution in [3.8, 4) is 5.75 Å². The summed E-state index contributed by atoms with van der Waals surface area (Å²) in [5.74, 6) is 0.377. The monoisotopic (exact) mass is 407 g/mol. The number of nitrogens with one attached hydrogen (secondary N) is 1. The highest BCUT2D eigenvalue weighted by Gasteiger charge is 2.18. The van der Waals surface area contributed by atoms with Gasteiger partial charge in [-0.15, -0.1) is 0 Å². The molecule has 1 saturated heterocycles. The molecule has 0 bridgehead atoms. The fraction of sp³-hybridized carbons (Fsp3) is 0.696. The van der Waals surface area contributed by atoms with Crippen molar-refractivity contribution >= 4 is 6.09 Å². The minimum atomic E-state index is -0.401. The van der Waals surface area contributed by atoms with Crippen LogP contribution in [-0.4, -0.2) is 60.8 Å². The molecule has 1 unspecified atom stereocenters. The first-order valence-electron chi connectivity index (χ1n) is 11.1. The zero-order valence-corrected chi connectivity index (χ0v) is 19.0. The molecule has 0 spiro atoms. The van der Waals surface area contributed by atoms with E-state index in [1.807, 2.05) is 12.1 Å². The Hall–Kier alpha value is -1.79. The first kappa shape index (κ1) is 25.2. The number of likely N-dealkylation sites (tertiary alicyclic amines) is 1. The summed E-state index contributed by atoms with van der Waals surface area (Å²) in [6.07, 6.45) is 4.65. The molecule has 29 heavy (non-hydrogen) atoms. The Morgan fingerprint density at radius 1 is 1.24 bits per heavy atom. The van der Waals surface area contributed by atoms with Gasteiger partial charge in [0.1, 0.15) is 5.75 Å². The molecule has 0 aliphatic carbocycles. The van der Waals surface area contributed by atoms with E-state index in [2.05, 4.69) is 53.6 Å². The van der Waals surface area contributed by atoms with E-state index in [1.165, 1.54) is 38.4 Å². The molecule has 0 radical (unpaired) electrons. The van der Waals surface area contributed by atoms with Gasteiger partial charge in [0.05, 0.1) is 7.11 Å². The quantitative estimate of drug-likeness (QED) is 0.663. The number of alkyl carbamates (subject to hydrolysis) is 1. The highest BCUT2D eigenvalue weighted by atomic mass is 16.5. The van der Waals surface area contributed by atoms with E-state index in [1.54, 1.807) is 0 Å². The average molecular weight is 408 g/mol. The molecule has 1 aromatic rings. The Bertz CT molecular complexity index is 589. The van der Waals surface area contributed by atoms with E-state index in [-0.39, 0.29) is 6.04 Å². The van der Waals surface area contributed by atoms with Gasteiger partial charge >= 0.3 is 6.09 Å².